The molecule has 0 aliphatic carbocycles. The summed E-state index contributed by atoms with van der Waals surface area (Å²) in [4.78, 5) is 0. The molecule has 1 rings (SSSR count). The Bertz CT molecular complexity index is 163. The van der Waals surface area contributed by atoms with E-state index < -0.39 is 0 Å². The van der Waals surface area contributed by atoms with Crippen molar-refractivity contribution in [3.05, 3.63) is 0 Å². The molecular weight excluding hydrogens is 216 g/mol. The topological polar surface area (TPSA) is 24.1 Å². The SMILES string of the molecule is CCC(CSC)NC(C)CC1CCCCN1. The first-order valence-electron chi connectivity index (χ1n) is 6.74. The van der Waals surface area contributed by atoms with E-state index in [1.807, 2.05) is 11.8 Å². The average Bonchev–Trinajstić information content (AvgIpc) is 2.29. The summed E-state index contributed by atoms with van der Waals surface area (Å²) in [6, 6.07) is 2.09. The first-order valence-corrected chi connectivity index (χ1v) is 8.14. The van der Waals surface area contributed by atoms with Gasteiger partial charge in [0.2, 0.25) is 0 Å². The molecule has 1 aliphatic rings. The predicted molar refractivity (Wildman–Crippen MR) is 75.3 cm³/mol. The third kappa shape index (κ3) is 5.55. The molecule has 1 aliphatic heterocycles. The van der Waals surface area contributed by atoms with Crippen LogP contribution in [-0.2, 0) is 0 Å². The molecule has 3 unspecified atom stereocenters. The van der Waals surface area contributed by atoms with E-state index in [2.05, 4.69) is 30.7 Å². The standard InChI is InChI=1S/C13H28N2S/c1-4-12(10-16-3)15-11(2)9-13-7-5-6-8-14-13/h11-15H,4-10H2,1-3H3. The lowest BCUT2D eigenvalue weighted by Gasteiger charge is -2.28. The van der Waals surface area contributed by atoms with Crippen LogP contribution in [0, 0.1) is 0 Å². The fraction of sp³-hybridized carbons (Fsp3) is 1.00. The lowest BCUT2D eigenvalue weighted by molar-refractivity contribution is 0.332. The van der Waals surface area contributed by atoms with E-state index in [0.717, 1.165) is 6.04 Å². The molecule has 0 aromatic rings. The lowest BCUT2D eigenvalue weighted by Crippen LogP contribution is -2.43. The number of piperidine rings is 1. The summed E-state index contributed by atoms with van der Waals surface area (Å²) in [5.74, 6) is 1.24. The Hall–Kier alpha value is 0.270. The van der Waals surface area contributed by atoms with Crippen LogP contribution in [0.5, 0.6) is 0 Å². The second-order valence-electron chi connectivity index (χ2n) is 5.01. The van der Waals surface area contributed by atoms with Crippen LogP contribution in [0.3, 0.4) is 0 Å². The second-order valence-corrected chi connectivity index (χ2v) is 5.92. The van der Waals surface area contributed by atoms with Crippen molar-refractivity contribution in [3.8, 4) is 0 Å². The molecule has 0 amide bonds. The average molecular weight is 244 g/mol. The third-order valence-electron chi connectivity index (χ3n) is 3.43. The molecule has 2 nitrogen and oxygen atoms in total. The molecule has 0 radical (unpaired) electrons. The van der Waals surface area contributed by atoms with E-state index in [-0.39, 0.29) is 0 Å². The minimum atomic E-state index is 0.646. The van der Waals surface area contributed by atoms with Gasteiger partial charge in [0.1, 0.15) is 0 Å². The van der Waals surface area contributed by atoms with E-state index in [0.29, 0.717) is 12.1 Å². The quantitative estimate of drug-likeness (QED) is 0.720. The smallest absolute Gasteiger partial charge is 0.0157 e. The van der Waals surface area contributed by atoms with Crippen LogP contribution in [0.1, 0.15) is 46.0 Å². The molecule has 16 heavy (non-hydrogen) atoms. The van der Waals surface area contributed by atoms with Crippen molar-refractivity contribution in [2.45, 2.75) is 64.1 Å². The molecule has 96 valence electrons. The molecule has 1 fully saturated rings. The molecule has 3 heteroatoms. The first-order chi connectivity index (χ1) is 7.76. The zero-order valence-electron chi connectivity index (χ0n) is 11.1. The van der Waals surface area contributed by atoms with Gasteiger partial charge < -0.3 is 10.6 Å². The Labute approximate surface area is 105 Å². The van der Waals surface area contributed by atoms with E-state index in [1.54, 1.807) is 0 Å². The van der Waals surface area contributed by atoms with Crippen LogP contribution in [0.25, 0.3) is 0 Å². The number of rotatable bonds is 7. The Morgan fingerprint density at radius 3 is 2.81 bits per heavy atom. The Morgan fingerprint density at radius 2 is 2.25 bits per heavy atom. The van der Waals surface area contributed by atoms with E-state index in [4.69, 9.17) is 0 Å². The molecule has 3 atom stereocenters. The maximum absolute atomic E-state index is 3.75. The highest BCUT2D eigenvalue weighted by molar-refractivity contribution is 7.98. The summed E-state index contributed by atoms with van der Waals surface area (Å²) in [6.45, 7) is 5.83. The van der Waals surface area contributed by atoms with Crippen LogP contribution < -0.4 is 10.6 Å². The van der Waals surface area contributed by atoms with Crippen molar-refractivity contribution in [2.24, 2.45) is 0 Å². The van der Waals surface area contributed by atoms with Crippen LogP contribution in [0.15, 0.2) is 0 Å². The number of hydrogen-bond donors (Lipinski definition) is 2. The first kappa shape index (κ1) is 14.3. The largest absolute Gasteiger partial charge is 0.314 e. The highest BCUT2D eigenvalue weighted by atomic mass is 32.2. The summed E-state index contributed by atoms with van der Waals surface area (Å²) in [5, 5.41) is 7.38. The van der Waals surface area contributed by atoms with Crippen LogP contribution >= 0.6 is 11.8 Å². The molecule has 0 spiro atoms. The van der Waals surface area contributed by atoms with Gasteiger partial charge in [0.15, 0.2) is 0 Å². The molecule has 1 saturated heterocycles. The molecular formula is C13H28N2S. The Kier molecular flexibility index (Phi) is 7.50. The maximum atomic E-state index is 3.75. The molecule has 0 aromatic heterocycles. The van der Waals surface area contributed by atoms with E-state index >= 15 is 0 Å². The molecule has 2 N–H and O–H groups in total. The molecule has 0 saturated carbocycles. The molecule has 0 aromatic carbocycles. The molecule has 0 bridgehead atoms. The van der Waals surface area contributed by atoms with Crippen LogP contribution in [0.4, 0.5) is 0 Å². The van der Waals surface area contributed by atoms with Crippen LogP contribution in [0.2, 0.25) is 0 Å². The minimum Gasteiger partial charge on any atom is -0.314 e. The maximum Gasteiger partial charge on any atom is 0.0157 e. The fourth-order valence-electron chi connectivity index (χ4n) is 2.51. The minimum absolute atomic E-state index is 0.646. The van der Waals surface area contributed by atoms with Crippen molar-refractivity contribution in [3.63, 3.8) is 0 Å². The zero-order chi connectivity index (χ0) is 11.8. The van der Waals surface area contributed by atoms with Gasteiger partial charge in [0.05, 0.1) is 0 Å². The van der Waals surface area contributed by atoms with Crippen molar-refractivity contribution in [1.29, 1.82) is 0 Å². The van der Waals surface area contributed by atoms with Gasteiger partial charge in [-0.1, -0.05) is 13.3 Å². The van der Waals surface area contributed by atoms with Crippen molar-refractivity contribution in [1.82, 2.24) is 10.6 Å². The van der Waals surface area contributed by atoms with Gasteiger partial charge in [-0.15, -0.1) is 0 Å². The normalized spacial score (nSPS) is 25.3. The monoisotopic (exact) mass is 244 g/mol. The summed E-state index contributed by atoms with van der Waals surface area (Å²) in [5.41, 5.74) is 0. The second kappa shape index (κ2) is 8.37. The highest BCUT2D eigenvalue weighted by Gasteiger charge is 2.17. The van der Waals surface area contributed by atoms with Gasteiger partial charge in [-0.25, -0.2) is 0 Å². The van der Waals surface area contributed by atoms with E-state index in [1.165, 1.54) is 44.4 Å². The number of thioether (sulfide) groups is 1. The van der Waals surface area contributed by atoms with Gasteiger partial charge in [-0.05, 0) is 45.4 Å². The lowest BCUT2D eigenvalue weighted by atomic mass is 9.98. The summed E-state index contributed by atoms with van der Waals surface area (Å²) < 4.78 is 0. The Morgan fingerprint density at radius 1 is 1.44 bits per heavy atom. The predicted octanol–water partition coefficient (Wildman–Crippen LogP) is 2.64. The Balaban J connectivity index is 2.19. The van der Waals surface area contributed by atoms with Gasteiger partial charge in [0, 0.05) is 23.9 Å². The summed E-state index contributed by atoms with van der Waals surface area (Å²) in [7, 11) is 0. The van der Waals surface area contributed by atoms with Gasteiger partial charge >= 0.3 is 0 Å². The van der Waals surface area contributed by atoms with Crippen molar-refractivity contribution >= 4 is 11.8 Å². The molecule has 1 heterocycles. The fourth-order valence-corrected chi connectivity index (χ4v) is 3.24. The van der Waals surface area contributed by atoms with Crippen molar-refractivity contribution in [2.75, 3.05) is 18.6 Å². The van der Waals surface area contributed by atoms with E-state index in [9.17, 15) is 0 Å². The third-order valence-corrected chi connectivity index (χ3v) is 4.17. The van der Waals surface area contributed by atoms with Crippen molar-refractivity contribution < 1.29 is 0 Å². The zero-order valence-corrected chi connectivity index (χ0v) is 11.9. The number of nitrogens with one attached hydrogen (secondary N) is 2. The van der Waals surface area contributed by atoms with Gasteiger partial charge in [-0.3, -0.25) is 0 Å². The summed E-state index contributed by atoms with van der Waals surface area (Å²) in [6.07, 6.45) is 8.85. The van der Waals surface area contributed by atoms with Crippen LogP contribution in [-0.4, -0.2) is 36.7 Å². The van der Waals surface area contributed by atoms with Gasteiger partial charge in [-0.2, -0.15) is 11.8 Å². The summed E-state index contributed by atoms with van der Waals surface area (Å²) >= 11 is 1.94. The highest BCUT2D eigenvalue weighted by Crippen LogP contribution is 2.13. The van der Waals surface area contributed by atoms with Gasteiger partial charge in [0.25, 0.3) is 0 Å². The number of hydrogen-bond acceptors (Lipinski definition) is 3.